The molecule has 29 heavy (non-hydrogen) atoms. The van der Waals surface area contributed by atoms with E-state index in [1.165, 1.54) is 17.0 Å². The average molecular weight is 397 g/mol. The van der Waals surface area contributed by atoms with E-state index in [0.717, 1.165) is 16.7 Å². The van der Waals surface area contributed by atoms with Crippen LogP contribution in [0.25, 0.3) is 11.1 Å². The number of hydrogen-bond donors (Lipinski definition) is 0. The van der Waals surface area contributed by atoms with Crippen LogP contribution in [0, 0.1) is 0 Å². The van der Waals surface area contributed by atoms with Crippen molar-refractivity contribution < 1.29 is 23.0 Å². The van der Waals surface area contributed by atoms with E-state index in [1.807, 2.05) is 54.6 Å². The molecule has 150 valence electrons. The molecule has 0 atom stereocenters. The normalized spacial score (nSPS) is 10.6. The fourth-order valence-electron chi connectivity index (χ4n) is 2.84. The standard InChI is InChI=1S/C23H21F2NO3/c1-26(15-17-11-13-19(14-12-17)29-23(24)25)22(27)16-28-21-10-6-5-9-20(21)18-7-3-2-4-8-18/h2-14,23H,15-16H2,1H3. The first-order valence-electron chi connectivity index (χ1n) is 9.08. The zero-order chi connectivity index (χ0) is 20.6. The highest BCUT2D eigenvalue weighted by atomic mass is 19.3. The minimum atomic E-state index is -2.86. The summed E-state index contributed by atoms with van der Waals surface area (Å²) in [6.07, 6.45) is 0. The summed E-state index contributed by atoms with van der Waals surface area (Å²) in [7, 11) is 1.67. The smallest absolute Gasteiger partial charge is 0.387 e. The van der Waals surface area contributed by atoms with E-state index in [4.69, 9.17) is 4.74 Å². The zero-order valence-corrected chi connectivity index (χ0v) is 15.9. The molecule has 0 aromatic heterocycles. The van der Waals surface area contributed by atoms with Gasteiger partial charge >= 0.3 is 6.61 Å². The van der Waals surface area contributed by atoms with Crippen LogP contribution in [0.5, 0.6) is 11.5 Å². The third-order valence-corrected chi connectivity index (χ3v) is 4.32. The molecule has 3 rings (SSSR count). The van der Waals surface area contributed by atoms with Crippen molar-refractivity contribution in [1.82, 2.24) is 4.90 Å². The molecule has 0 spiro atoms. The molecule has 6 heteroatoms. The first kappa shape index (κ1) is 20.3. The van der Waals surface area contributed by atoms with Crippen molar-refractivity contribution >= 4 is 5.91 Å². The van der Waals surface area contributed by atoms with Crippen LogP contribution in [-0.2, 0) is 11.3 Å². The lowest BCUT2D eigenvalue weighted by Gasteiger charge is -2.18. The Kier molecular flexibility index (Phi) is 6.79. The molecule has 0 bridgehead atoms. The van der Waals surface area contributed by atoms with Crippen molar-refractivity contribution in [2.75, 3.05) is 13.7 Å². The maximum atomic E-state index is 12.5. The minimum Gasteiger partial charge on any atom is -0.483 e. The number of likely N-dealkylation sites (N-methyl/N-ethyl adjacent to an activating group) is 1. The van der Waals surface area contributed by atoms with E-state index in [-0.39, 0.29) is 18.3 Å². The molecule has 1 amide bonds. The number of benzene rings is 3. The fraction of sp³-hybridized carbons (Fsp3) is 0.174. The van der Waals surface area contributed by atoms with Crippen molar-refractivity contribution in [2.24, 2.45) is 0 Å². The summed E-state index contributed by atoms with van der Waals surface area (Å²) in [5.41, 5.74) is 2.72. The van der Waals surface area contributed by atoms with Crippen LogP contribution < -0.4 is 9.47 Å². The van der Waals surface area contributed by atoms with Crippen LogP contribution in [0.3, 0.4) is 0 Å². The fourth-order valence-corrected chi connectivity index (χ4v) is 2.84. The van der Waals surface area contributed by atoms with Gasteiger partial charge in [0.2, 0.25) is 0 Å². The van der Waals surface area contributed by atoms with Gasteiger partial charge in [-0.25, -0.2) is 0 Å². The van der Waals surface area contributed by atoms with E-state index in [9.17, 15) is 13.6 Å². The van der Waals surface area contributed by atoms with E-state index < -0.39 is 6.61 Å². The summed E-state index contributed by atoms with van der Waals surface area (Å²) in [6, 6.07) is 23.6. The van der Waals surface area contributed by atoms with E-state index in [1.54, 1.807) is 19.2 Å². The molecule has 0 saturated heterocycles. The number of nitrogens with zero attached hydrogens (tertiary/aromatic N) is 1. The quantitative estimate of drug-likeness (QED) is 0.537. The summed E-state index contributed by atoms with van der Waals surface area (Å²) in [4.78, 5) is 14.0. The van der Waals surface area contributed by atoms with Crippen LogP contribution in [-0.4, -0.2) is 31.1 Å². The maximum Gasteiger partial charge on any atom is 0.387 e. The molecule has 0 aliphatic rings. The number of carbonyl (C=O) groups is 1. The third-order valence-electron chi connectivity index (χ3n) is 4.32. The molecule has 0 unspecified atom stereocenters. The second-order valence-corrected chi connectivity index (χ2v) is 6.42. The number of hydrogen-bond acceptors (Lipinski definition) is 3. The van der Waals surface area contributed by atoms with Crippen molar-refractivity contribution in [3.8, 4) is 22.6 Å². The van der Waals surface area contributed by atoms with Gasteiger partial charge in [-0.15, -0.1) is 0 Å². The van der Waals surface area contributed by atoms with Gasteiger partial charge in [0, 0.05) is 19.2 Å². The summed E-state index contributed by atoms with van der Waals surface area (Å²) < 4.78 is 34.5. The molecule has 0 saturated carbocycles. The highest BCUT2D eigenvalue weighted by Crippen LogP contribution is 2.29. The van der Waals surface area contributed by atoms with Crippen LogP contribution in [0.1, 0.15) is 5.56 Å². The van der Waals surface area contributed by atoms with Crippen molar-refractivity contribution in [3.05, 3.63) is 84.4 Å². The van der Waals surface area contributed by atoms with Gasteiger partial charge in [-0.05, 0) is 29.3 Å². The molecule has 0 N–H and O–H groups in total. The number of para-hydroxylation sites is 1. The van der Waals surface area contributed by atoms with Gasteiger partial charge in [-0.1, -0.05) is 60.7 Å². The summed E-state index contributed by atoms with van der Waals surface area (Å²) in [6.45, 7) is -2.63. The SMILES string of the molecule is CN(Cc1ccc(OC(F)F)cc1)C(=O)COc1ccccc1-c1ccccc1. The Hall–Kier alpha value is -3.41. The zero-order valence-electron chi connectivity index (χ0n) is 15.9. The Labute approximate surface area is 168 Å². The highest BCUT2D eigenvalue weighted by Gasteiger charge is 2.13. The van der Waals surface area contributed by atoms with Crippen LogP contribution >= 0.6 is 0 Å². The topological polar surface area (TPSA) is 38.8 Å². The second-order valence-electron chi connectivity index (χ2n) is 6.42. The van der Waals surface area contributed by atoms with Crippen molar-refractivity contribution in [1.29, 1.82) is 0 Å². The molecule has 0 aliphatic heterocycles. The Morgan fingerprint density at radius 2 is 1.59 bits per heavy atom. The average Bonchev–Trinajstić information content (AvgIpc) is 2.74. The summed E-state index contributed by atoms with van der Waals surface area (Å²) >= 11 is 0. The molecule has 3 aromatic carbocycles. The summed E-state index contributed by atoms with van der Waals surface area (Å²) in [5, 5.41) is 0. The first-order chi connectivity index (χ1) is 14.0. The number of halogens is 2. The van der Waals surface area contributed by atoms with E-state index in [2.05, 4.69) is 4.74 Å². The highest BCUT2D eigenvalue weighted by molar-refractivity contribution is 5.78. The molecule has 3 aromatic rings. The molecule has 4 nitrogen and oxygen atoms in total. The van der Waals surface area contributed by atoms with Crippen molar-refractivity contribution in [3.63, 3.8) is 0 Å². The van der Waals surface area contributed by atoms with Gasteiger partial charge in [0.25, 0.3) is 5.91 Å². The van der Waals surface area contributed by atoms with Gasteiger partial charge in [0.15, 0.2) is 6.61 Å². The van der Waals surface area contributed by atoms with E-state index in [0.29, 0.717) is 12.3 Å². The lowest BCUT2D eigenvalue weighted by atomic mass is 10.1. The Balaban J connectivity index is 1.58. The van der Waals surface area contributed by atoms with Gasteiger partial charge in [-0.3, -0.25) is 4.79 Å². The lowest BCUT2D eigenvalue weighted by Crippen LogP contribution is -2.31. The Bertz CT molecular complexity index is 930. The number of rotatable bonds is 8. The lowest BCUT2D eigenvalue weighted by molar-refractivity contribution is -0.132. The molecular formula is C23H21F2NO3. The largest absolute Gasteiger partial charge is 0.483 e. The molecule has 0 fully saturated rings. The van der Waals surface area contributed by atoms with E-state index >= 15 is 0 Å². The Morgan fingerprint density at radius 3 is 2.28 bits per heavy atom. The second kappa shape index (κ2) is 9.68. The van der Waals surface area contributed by atoms with Crippen LogP contribution in [0.15, 0.2) is 78.9 Å². The molecule has 0 heterocycles. The first-order valence-corrected chi connectivity index (χ1v) is 9.08. The summed E-state index contributed by atoms with van der Waals surface area (Å²) in [5.74, 6) is 0.522. The predicted octanol–water partition coefficient (Wildman–Crippen LogP) is 4.99. The molecule has 0 aliphatic carbocycles. The number of ether oxygens (including phenoxy) is 2. The molecular weight excluding hydrogens is 376 g/mol. The maximum absolute atomic E-state index is 12.5. The monoisotopic (exact) mass is 397 g/mol. The number of amides is 1. The van der Waals surface area contributed by atoms with Crippen LogP contribution in [0.2, 0.25) is 0 Å². The van der Waals surface area contributed by atoms with Gasteiger partial charge in [0.1, 0.15) is 11.5 Å². The van der Waals surface area contributed by atoms with Gasteiger partial charge < -0.3 is 14.4 Å². The Morgan fingerprint density at radius 1 is 0.931 bits per heavy atom. The minimum absolute atomic E-state index is 0.0820. The number of carbonyl (C=O) groups excluding carboxylic acids is 1. The number of alkyl halides is 2. The van der Waals surface area contributed by atoms with Gasteiger partial charge in [0.05, 0.1) is 0 Å². The predicted molar refractivity (Wildman–Crippen MR) is 107 cm³/mol. The third kappa shape index (κ3) is 5.78. The van der Waals surface area contributed by atoms with Crippen LogP contribution in [0.4, 0.5) is 8.78 Å². The van der Waals surface area contributed by atoms with Crippen molar-refractivity contribution in [2.45, 2.75) is 13.2 Å². The van der Waals surface area contributed by atoms with Gasteiger partial charge in [-0.2, -0.15) is 8.78 Å². The molecule has 0 radical (unpaired) electrons.